The van der Waals surface area contributed by atoms with Crippen LogP contribution in [-0.4, -0.2) is 181 Å². The predicted octanol–water partition coefficient (Wildman–Crippen LogP) is 7.15. The van der Waals surface area contributed by atoms with Gasteiger partial charge < -0.3 is 75.7 Å². The molecular formula is C67H94N10O11. The van der Waals surface area contributed by atoms with Crippen molar-refractivity contribution in [3.63, 3.8) is 0 Å². The van der Waals surface area contributed by atoms with Gasteiger partial charge in [-0.05, 0) is 181 Å². The maximum Gasteiger partial charge on any atom is 0.410 e. The molecule has 478 valence electrons. The van der Waals surface area contributed by atoms with Gasteiger partial charge in [0.2, 0.25) is 11.8 Å². The number of aliphatic hydroxyl groups is 2. The third kappa shape index (κ3) is 17.9. The highest BCUT2D eigenvalue weighted by Gasteiger charge is 2.38. The van der Waals surface area contributed by atoms with Crippen molar-refractivity contribution >= 4 is 52.5 Å². The van der Waals surface area contributed by atoms with Crippen molar-refractivity contribution in [1.29, 1.82) is 0 Å². The summed E-state index contributed by atoms with van der Waals surface area (Å²) in [6, 6.07) is 22.5. The van der Waals surface area contributed by atoms with Crippen LogP contribution in [0.2, 0.25) is 0 Å². The van der Waals surface area contributed by atoms with E-state index in [9.17, 15) is 39.3 Å². The van der Waals surface area contributed by atoms with Gasteiger partial charge >= 0.3 is 6.09 Å². The van der Waals surface area contributed by atoms with Crippen molar-refractivity contribution in [3.05, 3.63) is 106 Å². The Morgan fingerprint density at radius 2 is 1.12 bits per heavy atom. The van der Waals surface area contributed by atoms with Crippen molar-refractivity contribution in [2.45, 2.75) is 167 Å². The number of aliphatic hydroxyl groups excluding tert-OH is 2. The number of rotatable bonds is 17. The number of benzene rings is 4. The summed E-state index contributed by atoms with van der Waals surface area (Å²) in [5, 5.41) is 48.6. The van der Waals surface area contributed by atoms with E-state index in [0.29, 0.717) is 49.4 Å². The van der Waals surface area contributed by atoms with Gasteiger partial charge in [-0.2, -0.15) is 0 Å². The highest BCUT2D eigenvalue weighted by Crippen LogP contribution is 2.33. The fraction of sp³-hybridized carbons (Fsp3) is 0.567. The van der Waals surface area contributed by atoms with Gasteiger partial charge in [0.05, 0.1) is 18.2 Å². The predicted molar refractivity (Wildman–Crippen MR) is 340 cm³/mol. The summed E-state index contributed by atoms with van der Waals surface area (Å²) < 4.78 is 16.4. The number of ether oxygens (including phenoxy) is 3. The molecule has 0 bridgehead atoms. The quantitative estimate of drug-likeness (QED) is 0.0489. The first-order chi connectivity index (χ1) is 42.2. The number of piperidine rings is 4. The molecule has 0 unspecified atom stereocenters. The number of amides is 5. The Morgan fingerprint density at radius 3 is 1.64 bits per heavy atom. The lowest BCUT2D eigenvalue weighted by Crippen LogP contribution is -2.54. The molecule has 0 radical (unpaired) electrons. The Hall–Kier alpha value is -7.33. The number of phenols is 1. The van der Waals surface area contributed by atoms with Gasteiger partial charge in [0.1, 0.15) is 17.1 Å². The minimum atomic E-state index is -1.05. The van der Waals surface area contributed by atoms with E-state index in [2.05, 4.69) is 48.5 Å². The van der Waals surface area contributed by atoms with Crippen LogP contribution in [0.15, 0.2) is 72.8 Å². The van der Waals surface area contributed by atoms with E-state index >= 15 is 0 Å². The van der Waals surface area contributed by atoms with E-state index in [0.717, 1.165) is 136 Å². The Kier molecular flexibility index (Phi) is 22.4. The minimum absolute atomic E-state index is 0.0482. The molecule has 4 aromatic carbocycles. The van der Waals surface area contributed by atoms with Crippen LogP contribution >= 0.6 is 0 Å². The number of anilines is 4. The Bertz CT molecular complexity index is 3040. The van der Waals surface area contributed by atoms with Gasteiger partial charge in [-0.15, -0.1) is 0 Å². The van der Waals surface area contributed by atoms with Crippen LogP contribution in [0.3, 0.4) is 0 Å². The van der Waals surface area contributed by atoms with Crippen LogP contribution < -0.4 is 41.1 Å². The van der Waals surface area contributed by atoms with E-state index < -0.39 is 29.9 Å². The van der Waals surface area contributed by atoms with Crippen LogP contribution in [0.5, 0.6) is 11.5 Å². The number of carbonyl (C=O) groups is 5. The second kappa shape index (κ2) is 30.3. The normalized spacial score (nSPS) is 19.8. The van der Waals surface area contributed by atoms with Crippen LogP contribution in [0.25, 0.3) is 0 Å². The van der Waals surface area contributed by atoms with E-state index in [-0.39, 0.29) is 73.9 Å². The fourth-order valence-corrected chi connectivity index (χ4v) is 12.8. The summed E-state index contributed by atoms with van der Waals surface area (Å²) in [6.07, 6.45) is 9.04. The van der Waals surface area contributed by atoms with Crippen molar-refractivity contribution in [2.75, 3.05) is 99.8 Å². The molecule has 21 heteroatoms. The molecule has 8 N–H and O–H groups in total. The zero-order chi connectivity index (χ0) is 62.5. The molecule has 6 aliphatic heterocycles. The van der Waals surface area contributed by atoms with E-state index in [1.165, 1.54) is 12.8 Å². The average Bonchev–Trinajstić information content (AvgIpc) is 1.43. The Balaban J connectivity index is 0.000000215. The molecule has 6 aliphatic rings. The topological polar surface area (TPSA) is 250 Å². The molecule has 10 rings (SSSR count). The van der Waals surface area contributed by atoms with Crippen LogP contribution in [0, 0.1) is 0 Å². The van der Waals surface area contributed by atoms with Gasteiger partial charge in [0.25, 0.3) is 11.8 Å². The average molecular weight is 1220 g/mol. The summed E-state index contributed by atoms with van der Waals surface area (Å²) in [5.41, 5.74) is 8.18. The van der Waals surface area contributed by atoms with E-state index in [4.69, 9.17) is 14.2 Å². The maximum absolute atomic E-state index is 13.7. The molecule has 0 spiro atoms. The minimum Gasteiger partial charge on any atom is -0.508 e. The number of carbonyl (C=O) groups excluding carboxylic acids is 5. The van der Waals surface area contributed by atoms with Gasteiger partial charge in [-0.3, -0.25) is 24.1 Å². The zero-order valence-corrected chi connectivity index (χ0v) is 52.4. The molecule has 4 aromatic rings. The molecule has 88 heavy (non-hydrogen) atoms. The number of nitrogens with zero attached hydrogens (tertiary/aromatic N) is 5. The largest absolute Gasteiger partial charge is 0.508 e. The summed E-state index contributed by atoms with van der Waals surface area (Å²) in [4.78, 5) is 73.9. The highest BCUT2D eigenvalue weighted by molar-refractivity contribution is 5.97. The smallest absolute Gasteiger partial charge is 0.410 e. The van der Waals surface area contributed by atoms with Crippen LogP contribution in [0.1, 0.15) is 142 Å². The monoisotopic (exact) mass is 1210 g/mol. The molecule has 4 fully saturated rings. The van der Waals surface area contributed by atoms with Gasteiger partial charge in [0, 0.05) is 151 Å². The lowest BCUT2D eigenvalue weighted by Gasteiger charge is -2.40. The van der Waals surface area contributed by atoms with Crippen LogP contribution in [-0.2, 0) is 45.0 Å². The second-order valence-corrected chi connectivity index (χ2v) is 25.5. The highest BCUT2D eigenvalue weighted by atomic mass is 16.7. The summed E-state index contributed by atoms with van der Waals surface area (Å²) >= 11 is 0. The first-order valence-electron chi connectivity index (χ1n) is 31.8. The molecule has 0 aliphatic carbocycles. The van der Waals surface area contributed by atoms with Crippen molar-refractivity contribution < 1.29 is 53.5 Å². The summed E-state index contributed by atoms with van der Waals surface area (Å²) in [7, 11) is 1.55. The number of hydrogen-bond acceptors (Lipinski definition) is 16. The van der Waals surface area contributed by atoms with E-state index in [1.54, 1.807) is 58.8 Å². The van der Waals surface area contributed by atoms with Crippen molar-refractivity contribution in [1.82, 2.24) is 30.7 Å². The number of likely N-dealkylation sites (tertiary alicyclic amines) is 2. The summed E-state index contributed by atoms with van der Waals surface area (Å²) in [6.45, 7) is 16.4. The number of methoxy groups -OCH3 is 1. The number of phenolic OH excluding ortho intramolecular Hbond substituents is 1. The SMILES string of the molecule is CC(=O)N1CCC(Nc2cc(C(=O)NC[C@@H](O)[C@@H]3Cc4ccc(O)cc4CN3)cc(N3CCCCC3)c2)CC1.COCOc1ccc2c(c1)CN(C(=O)OC(C)(C)C)[C@H]([C@H](O)CNC(=O)c1cc(NC3CCN(C(C)=O)CC3)cc(N3CCCCC3)c1)C2. The molecule has 4 saturated heterocycles. The number of nitrogens with one attached hydrogen (secondary N) is 5. The first-order valence-corrected chi connectivity index (χ1v) is 31.8. The fourth-order valence-electron chi connectivity index (χ4n) is 12.8. The second-order valence-electron chi connectivity index (χ2n) is 25.5. The first kappa shape index (κ1) is 65.1. The molecule has 5 amide bonds. The number of hydrogen-bond donors (Lipinski definition) is 8. The van der Waals surface area contributed by atoms with E-state index in [1.807, 2.05) is 58.3 Å². The molecular weight excluding hydrogens is 1120 g/mol. The lowest BCUT2D eigenvalue weighted by molar-refractivity contribution is -0.130. The number of fused-ring (bicyclic) bond motifs is 2. The van der Waals surface area contributed by atoms with Gasteiger partial charge in [0.15, 0.2) is 6.79 Å². The Labute approximate surface area is 518 Å². The molecule has 4 atom stereocenters. The lowest BCUT2D eigenvalue weighted by atomic mass is 9.91. The molecule has 0 aromatic heterocycles. The summed E-state index contributed by atoms with van der Waals surface area (Å²) in [5.74, 6) is 0.576. The Morgan fingerprint density at radius 1 is 0.614 bits per heavy atom. The van der Waals surface area contributed by atoms with Crippen molar-refractivity contribution in [2.24, 2.45) is 0 Å². The maximum atomic E-state index is 13.7. The van der Waals surface area contributed by atoms with Gasteiger partial charge in [-0.1, -0.05) is 12.1 Å². The molecule has 0 saturated carbocycles. The number of aromatic hydroxyl groups is 1. The van der Waals surface area contributed by atoms with Crippen LogP contribution in [0.4, 0.5) is 27.5 Å². The zero-order valence-electron chi connectivity index (χ0n) is 52.4. The third-order valence-electron chi connectivity index (χ3n) is 17.8. The third-order valence-corrected chi connectivity index (χ3v) is 17.8. The molecule has 6 heterocycles. The van der Waals surface area contributed by atoms with Gasteiger partial charge in [-0.25, -0.2) is 4.79 Å². The molecule has 21 nitrogen and oxygen atoms in total. The van der Waals surface area contributed by atoms with Crippen molar-refractivity contribution in [3.8, 4) is 11.5 Å². The standard InChI is InChI=1S/C37H53N5O7.C30H41N5O4/c1-25(43)40-15-11-29(12-16-40)39-30-17-27(18-31(21-30)41-13-7-6-8-14-41)35(45)38-22-34(44)33-20-26-9-10-32(48-24-47-5)19-28(26)23-42(33)36(46)49-37(2,3)4;1-20(36)34-11-7-24(8-12-34)33-25-13-22(14-26(17-25)35-9-3-2-4-10-35)30(39)32-19-29(38)28-16-21-5-6-27(37)15-23(21)18-31-28/h9-10,17-19,21,29,33-34,39,44H,6-8,11-16,20,22-24H2,1-5H3,(H,38,45);5-6,13-15,17,24,28-29,31,33,37-38H,2-4,7-12,16,18-19H2,1H3,(H,32,39)/t33-,34+;28-,29+/m00/s1.